The van der Waals surface area contributed by atoms with Gasteiger partial charge in [0.15, 0.2) is 0 Å². The maximum atomic E-state index is 12.5. The lowest BCUT2D eigenvalue weighted by Gasteiger charge is -2.36. The number of carbonyl (C=O) groups is 4. The Hall–Kier alpha value is -3.84. The fraction of sp³-hybridized carbons (Fsp3) is 0.385. The number of halogens is 4. The highest BCUT2D eigenvalue weighted by Gasteiger charge is 2.38. The lowest BCUT2D eigenvalue weighted by atomic mass is 10.1. The molecule has 0 bridgehead atoms. The van der Waals surface area contributed by atoms with Gasteiger partial charge < -0.3 is 25.7 Å². The summed E-state index contributed by atoms with van der Waals surface area (Å²) in [5.41, 5.74) is 1.54. The van der Waals surface area contributed by atoms with Crippen LogP contribution in [0.15, 0.2) is 42.5 Å². The Labute approximate surface area is 233 Å². The summed E-state index contributed by atoms with van der Waals surface area (Å²) in [5, 5.41) is 23.1. The monoisotopic (exact) mass is 586 g/mol. The van der Waals surface area contributed by atoms with Gasteiger partial charge in [0, 0.05) is 49.0 Å². The molecule has 1 aliphatic heterocycles. The smallest absolute Gasteiger partial charge is 0.478 e. The SMILES string of the molecule is CCCCNC(=O)CN1CCN(c2ccc(NC(=O)c3ccc(Cl)cc3)cc2C(=O)O)CC1.O=C(O)C(F)(F)F. The van der Waals surface area contributed by atoms with Crippen molar-refractivity contribution in [1.82, 2.24) is 10.2 Å². The molecule has 0 saturated carbocycles. The molecular formula is C26H30ClF3N4O6. The maximum absolute atomic E-state index is 12.5. The zero-order valence-corrected chi connectivity index (χ0v) is 22.4. The first-order valence-corrected chi connectivity index (χ1v) is 12.7. The second-order valence-electron chi connectivity index (χ2n) is 8.77. The minimum absolute atomic E-state index is 0.0175. The van der Waals surface area contributed by atoms with Gasteiger partial charge in [-0.1, -0.05) is 24.9 Å². The van der Waals surface area contributed by atoms with E-state index in [9.17, 15) is 32.7 Å². The van der Waals surface area contributed by atoms with Gasteiger partial charge in [-0.2, -0.15) is 13.2 Å². The summed E-state index contributed by atoms with van der Waals surface area (Å²) in [6, 6.07) is 11.3. The van der Waals surface area contributed by atoms with Crippen molar-refractivity contribution < 1.29 is 42.6 Å². The van der Waals surface area contributed by atoms with E-state index in [-0.39, 0.29) is 17.4 Å². The molecule has 0 atom stereocenters. The number of alkyl halides is 3. The molecule has 0 radical (unpaired) electrons. The van der Waals surface area contributed by atoms with Gasteiger partial charge in [-0.3, -0.25) is 14.5 Å². The van der Waals surface area contributed by atoms with E-state index < -0.39 is 18.1 Å². The van der Waals surface area contributed by atoms with Crippen LogP contribution in [0.4, 0.5) is 24.5 Å². The van der Waals surface area contributed by atoms with E-state index >= 15 is 0 Å². The number of amides is 2. The number of nitrogens with zero attached hydrogens (tertiary/aromatic N) is 2. The predicted octanol–water partition coefficient (Wildman–Crippen LogP) is 3.96. The lowest BCUT2D eigenvalue weighted by Crippen LogP contribution is -2.49. The molecule has 0 spiro atoms. The second-order valence-corrected chi connectivity index (χ2v) is 9.20. The third kappa shape index (κ3) is 10.4. The summed E-state index contributed by atoms with van der Waals surface area (Å²) in [6.45, 7) is 5.66. The summed E-state index contributed by atoms with van der Waals surface area (Å²) >= 11 is 5.86. The Morgan fingerprint density at radius 1 is 0.975 bits per heavy atom. The zero-order valence-electron chi connectivity index (χ0n) is 21.6. The van der Waals surface area contributed by atoms with Crippen molar-refractivity contribution >= 4 is 46.7 Å². The van der Waals surface area contributed by atoms with Crippen molar-refractivity contribution in [2.24, 2.45) is 0 Å². The molecule has 2 aromatic carbocycles. The maximum Gasteiger partial charge on any atom is 0.490 e. The number of piperazine rings is 1. The molecule has 0 aromatic heterocycles. The van der Waals surface area contributed by atoms with Crippen LogP contribution in [-0.4, -0.2) is 84.3 Å². The predicted molar refractivity (Wildman–Crippen MR) is 143 cm³/mol. The van der Waals surface area contributed by atoms with E-state index in [2.05, 4.69) is 22.5 Å². The van der Waals surface area contributed by atoms with Gasteiger partial charge in [-0.05, 0) is 48.9 Å². The molecule has 14 heteroatoms. The topological polar surface area (TPSA) is 139 Å². The van der Waals surface area contributed by atoms with E-state index in [1.54, 1.807) is 36.4 Å². The van der Waals surface area contributed by atoms with E-state index in [1.165, 1.54) is 6.07 Å². The average molecular weight is 587 g/mol. The summed E-state index contributed by atoms with van der Waals surface area (Å²) in [6.07, 6.45) is -3.08. The van der Waals surface area contributed by atoms with Crippen LogP contribution >= 0.6 is 11.6 Å². The molecule has 218 valence electrons. The Morgan fingerprint density at radius 2 is 1.57 bits per heavy atom. The van der Waals surface area contributed by atoms with Crippen LogP contribution in [-0.2, 0) is 9.59 Å². The molecule has 0 unspecified atom stereocenters. The van der Waals surface area contributed by atoms with Gasteiger partial charge in [0.2, 0.25) is 5.91 Å². The molecule has 2 aromatic rings. The molecule has 3 rings (SSSR count). The van der Waals surface area contributed by atoms with E-state index in [0.29, 0.717) is 61.2 Å². The molecule has 1 fully saturated rings. The average Bonchev–Trinajstić information content (AvgIpc) is 2.89. The number of unbranched alkanes of at least 4 members (excludes halogenated alkanes) is 1. The Morgan fingerprint density at radius 3 is 2.10 bits per heavy atom. The van der Waals surface area contributed by atoms with Crippen LogP contribution in [0.1, 0.15) is 40.5 Å². The summed E-state index contributed by atoms with van der Waals surface area (Å²) in [7, 11) is 0. The first-order valence-electron chi connectivity index (χ1n) is 12.3. The van der Waals surface area contributed by atoms with Gasteiger partial charge >= 0.3 is 18.1 Å². The number of aromatic carboxylic acids is 1. The molecule has 2 amide bonds. The third-order valence-corrected chi connectivity index (χ3v) is 6.02. The van der Waals surface area contributed by atoms with Gasteiger partial charge in [0.05, 0.1) is 17.8 Å². The van der Waals surface area contributed by atoms with Crippen molar-refractivity contribution in [2.75, 3.05) is 49.5 Å². The van der Waals surface area contributed by atoms with Gasteiger partial charge in [-0.15, -0.1) is 0 Å². The van der Waals surface area contributed by atoms with E-state index in [1.807, 2.05) is 4.90 Å². The van der Waals surface area contributed by atoms with E-state index in [4.69, 9.17) is 21.5 Å². The molecule has 0 aliphatic carbocycles. The third-order valence-electron chi connectivity index (χ3n) is 5.77. The number of nitrogens with one attached hydrogen (secondary N) is 2. The van der Waals surface area contributed by atoms with Crippen molar-refractivity contribution in [3.8, 4) is 0 Å². The summed E-state index contributed by atoms with van der Waals surface area (Å²) in [4.78, 5) is 49.4. The van der Waals surface area contributed by atoms with Crippen molar-refractivity contribution in [2.45, 2.75) is 25.9 Å². The van der Waals surface area contributed by atoms with Crippen molar-refractivity contribution in [3.05, 3.63) is 58.6 Å². The van der Waals surface area contributed by atoms with Gasteiger partial charge in [0.25, 0.3) is 5.91 Å². The molecule has 1 aliphatic rings. The Balaban J connectivity index is 0.000000708. The summed E-state index contributed by atoms with van der Waals surface area (Å²) in [5.74, 6) is -4.15. The molecular weight excluding hydrogens is 557 g/mol. The van der Waals surface area contributed by atoms with Crippen LogP contribution < -0.4 is 15.5 Å². The number of anilines is 2. The number of benzene rings is 2. The molecule has 10 nitrogen and oxygen atoms in total. The van der Waals surface area contributed by atoms with Crippen LogP contribution in [0.2, 0.25) is 5.02 Å². The first-order chi connectivity index (χ1) is 18.8. The number of carboxylic acids is 2. The largest absolute Gasteiger partial charge is 0.490 e. The Bertz CT molecular complexity index is 1190. The fourth-order valence-corrected chi connectivity index (χ4v) is 3.80. The normalized spacial score (nSPS) is 13.6. The number of carboxylic acid groups (broad SMARTS) is 2. The first kappa shape index (κ1) is 32.4. The highest BCUT2D eigenvalue weighted by molar-refractivity contribution is 6.30. The second kappa shape index (κ2) is 15.1. The summed E-state index contributed by atoms with van der Waals surface area (Å²) < 4.78 is 31.7. The van der Waals surface area contributed by atoms with Crippen LogP contribution in [0.3, 0.4) is 0 Å². The number of hydrogen-bond acceptors (Lipinski definition) is 6. The molecule has 4 N–H and O–H groups in total. The minimum Gasteiger partial charge on any atom is -0.478 e. The lowest BCUT2D eigenvalue weighted by molar-refractivity contribution is -0.192. The molecule has 1 heterocycles. The zero-order chi connectivity index (χ0) is 29.9. The van der Waals surface area contributed by atoms with Gasteiger partial charge in [0.1, 0.15) is 0 Å². The highest BCUT2D eigenvalue weighted by Crippen LogP contribution is 2.26. The number of hydrogen-bond donors (Lipinski definition) is 4. The van der Waals surface area contributed by atoms with Crippen molar-refractivity contribution in [3.63, 3.8) is 0 Å². The fourth-order valence-electron chi connectivity index (χ4n) is 3.68. The standard InChI is InChI=1S/C24H29ClN4O4.C2HF3O2/c1-2-3-10-26-22(30)16-28-11-13-29(14-12-28)21-9-8-19(15-20(21)24(32)33)27-23(31)17-4-6-18(25)7-5-17;3-2(4,5)1(6)7/h4-9,15H,2-3,10-14,16H2,1H3,(H,26,30)(H,27,31)(H,32,33);(H,6,7). The molecule has 1 saturated heterocycles. The van der Waals surface area contributed by atoms with Crippen molar-refractivity contribution in [1.29, 1.82) is 0 Å². The minimum atomic E-state index is -5.08. The van der Waals surface area contributed by atoms with Crippen LogP contribution in [0.5, 0.6) is 0 Å². The number of carbonyl (C=O) groups excluding carboxylic acids is 2. The van der Waals surface area contributed by atoms with Crippen LogP contribution in [0, 0.1) is 0 Å². The van der Waals surface area contributed by atoms with E-state index in [0.717, 1.165) is 12.8 Å². The quantitative estimate of drug-likeness (QED) is 0.324. The number of rotatable bonds is 9. The Kier molecular flexibility index (Phi) is 12.2. The van der Waals surface area contributed by atoms with Crippen LogP contribution in [0.25, 0.3) is 0 Å². The number of aliphatic carboxylic acids is 1. The van der Waals surface area contributed by atoms with Gasteiger partial charge in [-0.25, -0.2) is 9.59 Å². The molecule has 40 heavy (non-hydrogen) atoms. The highest BCUT2D eigenvalue weighted by atomic mass is 35.5.